The van der Waals surface area contributed by atoms with E-state index in [0.29, 0.717) is 6.42 Å². The molecule has 0 unspecified atom stereocenters. The molecule has 1 N–H and O–H groups in total. The van der Waals surface area contributed by atoms with Gasteiger partial charge < -0.3 is 9.99 Å². The molecule has 0 spiro atoms. The zero-order valence-electron chi connectivity index (χ0n) is 12.6. The van der Waals surface area contributed by atoms with Gasteiger partial charge >= 0.3 is 0 Å². The summed E-state index contributed by atoms with van der Waals surface area (Å²) in [6.07, 6.45) is 8.30. The smallest absolute Gasteiger partial charge is 0.139 e. The summed E-state index contributed by atoms with van der Waals surface area (Å²) in [4.78, 5) is 12.0. The minimum atomic E-state index is 0.145. The Labute approximate surface area is 128 Å². The largest absolute Gasteiger partial charge is 0.346 e. The first-order chi connectivity index (χ1) is 10.7. The van der Waals surface area contributed by atoms with E-state index in [1.165, 1.54) is 0 Å². The summed E-state index contributed by atoms with van der Waals surface area (Å²) in [5.74, 6) is 0. The summed E-state index contributed by atoms with van der Waals surface area (Å²) >= 11 is 0. The van der Waals surface area contributed by atoms with E-state index in [0.717, 1.165) is 48.0 Å². The normalized spacial score (nSPS) is 17.9. The topological polar surface area (TPSA) is 73.5 Å². The van der Waals surface area contributed by atoms with Crippen LogP contribution in [0.25, 0.3) is 22.1 Å². The molecule has 3 aromatic rings. The number of piperidine rings is 1. The number of fused-ring (bicyclic) bond motifs is 3. The van der Waals surface area contributed by atoms with Gasteiger partial charge in [-0.15, -0.1) is 0 Å². The number of rotatable bonds is 2. The zero-order chi connectivity index (χ0) is 15.2. The highest BCUT2D eigenvalue weighted by Gasteiger charge is 2.30. The van der Waals surface area contributed by atoms with E-state index in [-0.39, 0.29) is 5.41 Å². The Morgan fingerprint density at radius 1 is 1.36 bits per heavy atom. The van der Waals surface area contributed by atoms with Crippen molar-refractivity contribution in [2.24, 2.45) is 5.41 Å². The highest BCUT2D eigenvalue weighted by molar-refractivity contribution is 6.01. The molecule has 0 bridgehead atoms. The van der Waals surface area contributed by atoms with Crippen LogP contribution in [0.4, 0.5) is 0 Å². The van der Waals surface area contributed by atoms with Crippen LogP contribution in [0.2, 0.25) is 0 Å². The predicted octanol–water partition coefficient (Wildman–Crippen LogP) is 2.56. The monoisotopic (exact) mass is 294 g/mol. The first-order valence-electron chi connectivity index (χ1n) is 7.62. The fraction of sp³-hybridized carbons (Fsp3) is 0.438. The van der Waals surface area contributed by atoms with Gasteiger partial charge in [-0.25, -0.2) is 14.6 Å². The number of aromatic nitrogens is 4. The number of nitriles is 1. The van der Waals surface area contributed by atoms with Crippen molar-refractivity contribution in [2.45, 2.75) is 26.2 Å². The molecule has 22 heavy (non-hydrogen) atoms. The van der Waals surface area contributed by atoms with Crippen LogP contribution in [0, 0.1) is 16.7 Å². The van der Waals surface area contributed by atoms with E-state index >= 15 is 0 Å². The van der Waals surface area contributed by atoms with Crippen molar-refractivity contribution in [3.05, 3.63) is 24.8 Å². The van der Waals surface area contributed by atoms with Crippen molar-refractivity contribution in [3.63, 3.8) is 0 Å². The van der Waals surface area contributed by atoms with Crippen molar-refractivity contribution in [1.29, 1.82) is 5.26 Å². The Morgan fingerprint density at radius 3 is 2.95 bits per heavy atom. The lowest BCUT2D eigenvalue weighted by Crippen LogP contribution is -2.44. The molecule has 6 nitrogen and oxygen atoms in total. The molecular formula is C16H18N6. The minimum Gasteiger partial charge on any atom is -0.346 e. The molecule has 1 aliphatic rings. The van der Waals surface area contributed by atoms with Crippen LogP contribution in [0.5, 0.6) is 0 Å². The summed E-state index contributed by atoms with van der Waals surface area (Å²) in [5, 5.41) is 12.4. The van der Waals surface area contributed by atoms with Crippen LogP contribution in [0.3, 0.4) is 0 Å². The average Bonchev–Trinajstić information content (AvgIpc) is 3.13. The lowest BCUT2D eigenvalue weighted by atomic mass is 9.78. The molecule has 6 heteroatoms. The lowest BCUT2D eigenvalue weighted by Gasteiger charge is -2.39. The van der Waals surface area contributed by atoms with Gasteiger partial charge in [0.05, 0.1) is 12.3 Å². The number of hydrogen-bond acceptors (Lipinski definition) is 4. The van der Waals surface area contributed by atoms with Gasteiger partial charge in [-0.05, 0) is 24.3 Å². The Morgan fingerprint density at radius 2 is 2.18 bits per heavy atom. The highest BCUT2D eigenvalue weighted by atomic mass is 15.6. The summed E-state index contributed by atoms with van der Waals surface area (Å²) in [6.45, 7) is 4.10. The Bertz CT molecular complexity index is 860. The third-order valence-electron chi connectivity index (χ3n) is 4.83. The third-order valence-corrected chi connectivity index (χ3v) is 4.83. The van der Waals surface area contributed by atoms with Crippen LogP contribution in [0.15, 0.2) is 24.8 Å². The predicted molar refractivity (Wildman–Crippen MR) is 84.9 cm³/mol. The Balaban J connectivity index is 1.71. The number of H-pyrrole nitrogens is 1. The van der Waals surface area contributed by atoms with Crippen LogP contribution >= 0.6 is 0 Å². The highest BCUT2D eigenvalue weighted by Crippen LogP contribution is 2.34. The maximum atomic E-state index is 8.98. The molecule has 0 atom stereocenters. The second-order valence-corrected chi connectivity index (χ2v) is 6.42. The number of nitrogens with one attached hydrogen (secondary N) is 1. The first kappa shape index (κ1) is 13.1. The second kappa shape index (κ2) is 4.73. The molecule has 3 aromatic heterocycles. The second-order valence-electron chi connectivity index (χ2n) is 6.42. The molecule has 0 aliphatic carbocycles. The number of nitrogens with zero attached hydrogens (tertiary/aromatic N) is 5. The van der Waals surface area contributed by atoms with Crippen LogP contribution in [-0.4, -0.2) is 32.7 Å². The number of pyridine rings is 1. The standard InChI is InChI=1S/C16H18N6/c1-16(3-6-17)4-8-21(9-5-16)22-11-20-13-10-19-15-12(14(13)22)2-7-18-15/h2,7,10-11H,3-5,8-9H2,1H3,(H,18,19). The molecule has 1 aliphatic heterocycles. The van der Waals surface area contributed by atoms with Crippen molar-refractivity contribution in [2.75, 3.05) is 18.1 Å². The summed E-state index contributed by atoms with van der Waals surface area (Å²) < 4.78 is 2.15. The molecule has 1 fully saturated rings. The van der Waals surface area contributed by atoms with Gasteiger partial charge in [0.15, 0.2) is 0 Å². The van der Waals surface area contributed by atoms with Gasteiger partial charge in [-0.2, -0.15) is 5.26 Å². The number of imidazole rings is 1. The van der Waals surface area contributed by atoms with Crippen molar-refractivity contribution in [1.82, 2.24) is 19.6 Å². The van der Waals surface area contributed by atoms with E-state index in [1.54, 1.807) is 0 Å². The molecule has 4 heterocycles. The summed E-state index contributed by atoms with van der Waals surface area (Å²) in [6, 6.07) is 4.38. The van der Waals surface area contributed by atoms with Gasteiger partial charge in [0.25, 0.3) is 0 Å². The van der Waals surface area contributed by atoms with Gasteiger partial charge in [0.2, 0.25) is 0 Å². The summed E-state index contributed by atoms with van der Waals surface area (Å²) in [7, 11) is 0. The van der Waals surface area contributed by atoms with Crippen molar-refractivity contribution < 1.29 is 0 Å². The minimum absolute atomic E-state index is 0.145. The van der Waals surface area contributed by atoms with Crippen LogP contribution in [-0.2, 0) is 0 Å². The van der Waals surface area contributed by atoms with Crippen molar-refractivity contribution in [3.8, 4) is 6.07 Å². The molecule has 112 valence electrons. The van der Waals surface area contributed by atoms with Crippen molar-refractivity contribution >= 4 is 22.1 Å². The van der Waals surface area contributed by atoms with E-state index < -0.39 is 0 Å². The van der Waals surface area contributed by atoms with E-state index in [1.807, 2.05) is 24.8 Å². The number of hydrogen-bond donors (Lipinski definition) is 1. The molecule has 1 saturated heterocycles. The fourth-order valence-electron chi connectivity index (χ4n) is 3.33. The maximum absolute atomic E-state index is 8.98. The lowest BCUT2D eigenvalue weighted by molar-refractivity contribution is 0.236. The van der Waals surface area contributed by atoms with Gasteiger partial charge in [0.1, 0.15) is 23.0 Å². The van der Waals surface area contributed by atoms with E-state index in [2.05, 4.69) is 37.6 Å². The average molecular weight is 294 g/mol. The van der Waals surface area contributed by atoms with Gasteiger partial charge in [0, 0.05) is 31.1 Å². The molecular weight excluding hydrogens is 276 g/mol. The van der Waals surface area contributed by atoms with Crippen LogP contribution in [0.1, 0.15) is 26.2 Å². The van der Waals surface area contributed by atoms with E-state index in [4.69, 9.17) is 5.26 Å². The van der Waals surface area contributed by atoms with Crippen LogP contribution < -0.4 is 5.01 Å². The first-order valence-corrected chi connectivity index (χ1v) is 7.62. The molecule has 0 saturated carbocycles. The Kier molecular flexibility index (Phi) is 2.83. The molecule has 0 radical (unpaired) electrons. The third kappa shape index (κ3) is 1.93. The zero-order valence-corrected chi connectivity index (χ0v) is 12.6. The molecule has 0 aromatic carbocycles. The molecule has 0 amide bonds. The summed E-state index contributed by atoms with van der Waals surface area (Å²) in [5.41, 5.74) is 3.06. The quantitative estimate of drug-likeness (QED) is 0.788. The Hall–Kier alpha value is -2.55. The van der Waals surface area contributed by atoms with Gasteiger partial charge in [-0.1, -0.05) is 6.92 Å². The maximum Gasteiger partial charge on any atom is 0.139 e. The van der Waals surface area contributed by atoms with Gasteiger partial charge in [-0.3, -0.25) is 0 Å². The SMILES string of the molecule is CC1(CC#N)CCN(n2cnc3cnc4[nH]ccc4c32)CC1. The fourth-order valence-corrected chi connectivity index (χ4v) is 3.33. The molecule has 4 rings (SSSR count). The van der Waals surface area contributed by atoms with E-state index in [9.17, 15) is 0 Å². The number of aromatic amines is 1.